The predicted molar refractivity (Wildman–Crippen MR) is 94.7 cm³/mol. The Bertz CT molecular complexity index is 799. The monoisotopic (exact) mass is 349 g/mol. The molecule has 0 atom stereocenters. The first-order chi connectivity index (χ1) is 11.5. The van der Waals surface area contributed by atoms with E-state index in [0.29, 0.717) is 19.6 Å². The molecule has 2 N–H and O–H groups in total. The van der Waals surface area contributed by atoms with Gasteiger partial charge >= 0.3 is 0 Å². The molecule has 1 aromatic carbocycles. The Kier molecular flexibility index (Phi) is 5.20. The Balaban J connectivity index is 1.38. The van der Waals surface area contributed by atoms with Crippen LogP contribution in [0.5, 0.6) is 0 Å². The van der Waals surface area contributed by atoms with Crippen LogP contribution in [0.15, 0.2) is 30.5 Å². The number of hydrogen-bond acceptors (Lipinski definition) is 4. The average Bonchev–Trinajstić information content (AvgIpc) is 2.97. The van der Waals surface area contributed by atoms with Crippen molar-refractivity contribution in [2.75, 3.05) is 37.7 Å². The normalized spacial score (nSPS) is 17.8. The number of aromatic nitrogens is 1. The number of hydrogen-bond donors (Lipinski definition) is 2. The first-order valence-corrected chi connectivity index (χ1v) is 10.1. The highest BCUT2D eigenvalue weighted by Gasteiger charge is 2.22. The fourth-order valence-electron chi connectivity index (χ4n) is 3.01. The van der Waals surface area contributed by atoms with Gasteiger partial charge in [-0.15, -0.1) is 0 Å². The second kappa shape index (κ2) is 7.36. The number of nitrogens with one attached hydrogen (secondary N) is 2. The lowest BCUT2D eigenvalue weighted by Gasteiger charge is -2.25. The van der Waals surface area contributed by atoms with Crippen molar-refractivity contribution in [3.05, 3.63) is 36.0 Å². The van der Waals surface area contributed by atoms with E-state index in [1.165, 1.54) is 10.9 Å². The fourth-order valence-corrected chi connectivity index (χ4v) is 4.29. The molecule has 3 rings (SSSR count). The summed E-state index contributed by atoms with van der Waals surface area (Å²) >= 11 is 0. The lowest BCUT2D eigenvalue weighted by molar-refractivity contribution is -0.122. The van der Waals surface area contributed by atoms with Crippen LogP contribution in [-0.4, -0.2) is 61.9 Å². The second-order valence-electron chi connectivity index (χ2n) is 6.24. The maximum absolute atomic E-state index is 11.9. The van der Waals surface area contributed by atoms with Crippen LogP contribution in [0, 0.1) is 0 Å². The van der Waals surface area contributed by atoms with Gasteiger partial charge in [0.1, 0.15) is 0 Å². The van der Waals surface area contributed by atoms with Crippen molar-refractivity contribution in [2.24, 2.45) is 0 Å². The van der Waals surface area contributed by atoms with E-state index >= 15 is 0 Å². The molecule has 1 amide bonds. The Morgan fingerprint density at radius 1 is 1.21 bits per heavy atom. The minimum Gasteiger partial charge on any atom is -0.361 e. The molecule has 7 heteroatoms. The van der Waals surface area contributed by atoms with E-state index in [4.69, 9.17) is 0 Å². The predicted octanol–water partition coefficient (Wildman–Crippen LogP) is 0.947. The zero-order valence-electron chi connectivity index (χ0n) is 13.6. The summed E-state index contributed by atoms with van der Waals surface area (Å²) in [6.45, 7) is 1.81. The number of amides is 1. The Hall–Kier alpha value is -1.86. The zero-order valence-corrected chi connectivity index (χ0v) is 14.4. The van der Waals surface area contributed by atoms with Crippen LogP contribution in [0.4, 0.5) is 0 Å². The number of fused-ring (bicyclic) bond motifs is 1. The molecular weight excluding hydrogens is 326 g/mol. The topological polar surface area (TPSA) is 82.3 Å². The molecule has 24 heavy (non-hydrogen) atoms. The van der Waals surface area contributed by atoms with Crippen LogP contribution in [-0.2, 0) is 21.1 Å². The number of aryl methyl sites for hydroxylation is 1. The van der Waals surface area contributed by atoms with Gasteiger partial charge < -0.3 is 10.3 Å². The van der Waals surface area contributed by atoms with Crippen molar-refractivity contribution in [3.8, 4) is 0 Å². The smallest absolute Gasteiger partial charge is 0.234 e. The maximum Gasteiger partial charge on any atom is 0.234 e. The SMILES string of the molecule is O=C(CN1CCS(=O)(=O)CC1)NCCCc1c[nH]c2ccccc12. The Morgan fingerprint density at radius 2 is 1.96 bits per heavy atom. The van der Waals surface area contributed by atoms with Gasteiger partial charge in [0.15, 0.2) is 9.84 Å². The van der Waals surface area contributed by atoms with Crippen molar-refractivity contribution in [2.45, 2.75) is 12.8 Å². The number of benzene rings is 1. The summed E-state index contributed by atoms with van der Waals surface area (Å²) in [6, 6.07) is 8.19. The quantitative estimate of drug-likeness (QED) is 0.761. The number of carbonyl (C=O) groups is 1. The molecule has 1 aliphatic heterocycles. The molecule has 1 aliphatic rings. The van der Waals surface area contributed by atoms with Crippen molar-refractivity contribution < 1.29 is 13.2 Å². The summed E-state index contributed by atoms with van der Waals surface area (Å²) in [6.07, 6.45) is 3.81. The minimum absolute atomic E-state index is 0.0341. The van der Waals surface area contributed by atoms with Gasteiger partial charge in [-0.25, -0.2) is 8.42 Å². The van der Waals surface area contributed by atoms with Crippen molar-refractivity contribution >= 4 is 26.6 Å². The third kappa shape index (κ3) is 4.36. The standard InChI is InChI=1S/C17H23N3O3S/c21-17(13-20-8-10-24(22,23)11-9-20)18-7-3-4-14-12-19-16-6-2-1-5-15(14)16/h1-2,5-6,12,19H,3-4,7-11,13H2,(H,18,21). The molecular formula is C17H23N3O3S. The number of rotatable bonds is 6. The van der Waals surface area contributed by atoms with Gasteiger partial charge in [-0.05, 0) is 24.5 Å². The van der Waals surface area contributed by atoms with E-state index in [9.17, 15) is 13.2 Å². The van der Waals surface area contributed by atoms with E-state index < -0.39 is 9.84 Å². The van der Waals surface area contributed by atoms with Gasteiger partial charge in [0, 0.05) is 36.7 Å². The first kappa shape index (κ1) is 17.0. The number of para-hydroxylation sites is 1. The summed E-state index contributed by atoms with van der Waals surface area (Å²) in [5, 5.41) is 4.16. The van der Waals surface area contributed by atoms with Crippen molar-refractivity contribution in [1.29, 1.82) is 0 Å². The molecule has 0 bridgehead atoms. The molecule has 6 nitrogen and oxygen atoms in total. The highest BCUT2D eigenvalue weighted by molar-refractivity contribution is 7.91. The summed E-state index contributed by atoms with van der Waals surface area (Å²) in [5.41, 5.74) is 2.40. The van der Waals surface area contributed by atoms with Crippen molar-refractivity contribution in [1.82, 2.24) is 15.2 Å². The van der Waals surface area contributed by atoms with E-state index in [2.05, 4.69) is 22.4 Å². The number of H-pyrrole nitrogens is 1. The van der Waals surface area contributed by atoms with Crippen LogP contribution in [0.1, 0.15) is 12.0 Å². The number of nitrogens with zero attached hydrogens (tertiary/aromatic N) is 1. The number of aromatic amines is 1. The Labute approximate surface area is 142 Å². The highest BCUT2D eigenvalue weighted by Crippen LogP contribution is 2.18. The molecule has 0 spiro atoms. The molecule has 2 aromatic rings. The van der Waals surface area contributed by atoms with Gasteiger partial charge in [0.05, 0.1) is 18.1 Å². The summed E-state index contributed by atoms with van der Waals surface area (Å²) in [4.78, 5) is 17.1. The van der Waals surface area contributed by atoms with Crippen LogP contribution >= 0.6 is 0 Å². The molecule has 1 saturated heterocycles. The van der Waals surface area contributed by atoms with Gasteiger partial charge in [-0.2, -0.15) is 0 Å². The number of carbonyl (C=O) groups excluding carboxylic acids is 1. The summed E-state index contributed by atoms with van der Waals surface area (Å²) in [5.74, 6) is 0.273. The molecule has 2 heterocycles. The third-order valence-corrected chi connectivity index (χ3v) is 6.03. The molecule has 0 radical (unpaired) electrons. The molecule has 1 aromatic heterocycles. The van der Waals surface area contributed by atoms with Gasteiger partial charge in [0.25, 0.3) is 0 Å². The van der Waals surface area contributed by atoms with Crippen LogP contribution in [0.3, 0.4) is 0 Å². The van der Waals surface area contributed by atoms with Gasteiger partial charge in [-0.3, -0.25) is 9.69 Å². The van der Waals surface area contributed by atoms with Gasteiger partial charge in [-0.1, -0.05) is 18.2 Å². The molecule has 1 fully saturated rings. The number of sulfone groups is 1. The van der Waals surface area contributed by atoms with Crippen molar-refractivity contribution in [3.63, 3.8) is 0 Å². The van der Waals surface area contributed by atoms with Crippen LogP contribution in [0.2, 0.25) is 0 Å². The lowest BCUT2D eigenvalue weighted by Crippen LogP contribution is -2.45. The largest absolute Gasteiger partial charge is 0.361 e. The molecule has 0 aliphatic carbocycles. The lowest BCUT2D eigenvalue weighted by atomic mass is 10.1. The maximum atomic E-state index is 11.9. The first-order valence-electron chi connectivity index (χ1n) is 8.28. The van der Waals surface area contributed by atoms with E-state index in [0.717, 1.165) is 18.4 Å². The van der Waals surface area contributed by atoms with Gasteiger partial charge in [0.2, 0.25) is 5.91 Å². The van der Waals surface area contributed by atoms with Crippen LogP contribution in [0.25, 0.3) is 10.9 Å². The zero-order chi connectivity index (χ0) is 17.0. The summed E-state index contributed by atoms with van der Waals surface area (Å²) in [7, 11) is -2.89. The minimum atomic E-state index is -2.89. The highest BCUT2D eigenvalue weighted by atomic mass is 32.2. The van der Waals surface area contributed by atoms with Crippen LogP contribution < -0.4 is 5.32 Å². The van der Waals surface area contributed by atoms with E-state index in [1.807, 2.05) is 23.2 Å². The van der Waals surface area contributed by atoms with E-state index in [1.54, 1.807) is 0 Å². The average molecular weight is 349 g/mol. The molecule has 130 valence electrons. The Morgan fingerprint density at radius 3 is 2.75 bits per heavy atom. The second-order valence-corrected chi connectivity index (χ2v) is 8.54. The third-order valence-electron chi connectivity index (χ3n) is 4.42. The van der Waals surface area contributed by atoms with E-state index in [-0.39, 0.29) is 24.0 Å². The fraction of sp³-hybridized carbons (Fsp3) is 0.471. The molecule has 0 saturated carbocycles. The molecule has 0 unspecified atom stereocenters. The summed E-state index contributed by atoms with van der Waals surface area (Å²) < 4.78 is 22.7.